The van der Waals surface area contributed by atoms with Crippen LogP contribution in [0.3, 0.4) is 0 Å². The summed E-state index contributed by atoms with van der Waals surface area (Å²) in [6.07, 6.45) is 4.64. The van der Waals surface area contributed by atoms with E-state index in [0.29, 0.717) is 17.9 Å². The molecule has 2 heterocycles. The first-order chi connectivity index (χ1) is 9.81. The Labute approximate surface area is 122 Å². The number of aromatic nitrogens is 2. The third-order valence-corrected chi connectivity index (χ3v) is 3.20. The number of carbonyl (C=O) groups is 1. The van der Waals surface area contributed by atoms with Gasteiger partial charge in [-0.3, -0.25) is 4.79 Å². The van der Waals surface area contributed by atoms with E-state index in [1.807, 2.05) is 25.2 Å². The second-order valence-corrected chi connectivity index (χ2v) is 5.13. The predicted molar refractivity (Wildman–Crippen MR) is 77.2 cm³/mol. The number of hydrogen-bond donors (Lipinski definition) is 0. The van der Waals surface area contributed by atoms with Gasteiger partial charge in [0, 0.05) is 45.5 Å². The van der Waals surface area contributed by atoms with Gasteiger partial charge >= 0.3 is 5.82 Å². The lowest BCUT2D eigenvalue weighted by atomic mass is 10.1. The number of likely N-dealkylation sites (N-methyl/N-ethyl adjacent to an activating group) is 1. The Hall–Kier alpha value is -2.64. The Kier molecular flexibility index (Phi) is 3.79. The highest BCUT2D eigenvalue weighted by molar-refractivity contribution is 6.04. The molecule has 0 spiro atoms. The van der Waals surface area contributed by atoms with E-state index in [0.717, 1.165) is 5.57 Å². The molecule has 1 aliphatic heterocycles. The van der Waals surface area contributed by atoms with E-state index in [1.54, 1.807) is 25.1 Å². The minimum atomic E-state index is -0.506. The number of hydrogen-bond acceptors (Lipinski definition) is 5. The fraction of sp³-hybridized carbons (Fsp3) is 0.385. The molecular weight excluding hydrogens is 274 g/mol. The number of amides is 1. The van der Waals surface area contributed by atoms with E-state index in [4.69, 9.17) is 0 Å². The highest BCUT2D eigenvalue weighted by Gasteiger charge is 2.29. The van der Waals surface area contributed by atoms with Crippen LogP contribution >= 0.6 is 0 Å². The molecular formula is C13H17N5O3. The summed E-state index contributed by atoms with van der Waals surface area (Å²) >= 11 is 0. The van der Waals surface area contributed by atoms with Gasteiger partial charge in [0.25, 0.3) is 5.91 Å². The first-order valence-electron chi connectivity index (χ1n) is 6.32. The van der Waals surface area contributed by atoms with Crippen molar-refractivity contribution in [3.63, 3.8) is 0 Å². The van der Waals surface area contributed by atoms with Gasteiger partial charge in [-0.25, -0.2) is 9.55 Å². The van der Waals surface area contributed by atoms with Crippen molar-refractivity contribution in [2.75, 3.05) is 27.7 Å². The summed E-state index contributed by atoms with van der Waals surface area (Å²) in [7, 11) is 7.02. The number of carbonyl (C=O) groups excluding carboxylic acids is 1. The van der Waals surface area contributed by atoms with E-state index in [2.05, 4.69) is 4.98 Å². The molecule has 1 aromatic heterocycles. The molecule has 8 nitrogen and oxygen atoms in total. The zero-order valence-electron chi connectivity index (χ0n) is 12.4. The van der Waals surface area contributed by atoms with E-state index in [9.17, 15) is 14.9 Å². The molecule has 0 saturated carbocycles. The fourth-order valence-corrected chi connectivity index (χ4v) is 2.18. The number of nitrogens with zero attached hydrogens (tertiary/aromatic N) is 5. The smallest absolute Gasteiger partial charge is 0.342 e. The molecule has 0 N–H and O–H groups in total. The van der Waals surface area contributed by atoms with E-state index in [1.165, 1.54) is 10.8 Å². The summed E-state index contributed by atoms with van der Waals surface area (Å²) in [5.74, 6) is 0.151. The molecule has 0 aromatic carbocycles. The highest BCUT2D eigenvalue weighted by Crippen LogP contribution is 2.25. The lowest BCUT2D eigenvalue weighted by Gasteiger charge is -2.07. The van der Waals surface area contributed by atoms with E-state index >= 15 is 0 Å². The topological polar surface area (TPSA) is 84.5 Å². The molecule has 0 atom stereocenters. The van der Waals surface area contributed by atoms with Crippen molar-refractivity contribution in [3.8, 4) is 0 Å². The van der Waals surface area contributed by atoms with Crippen LogP contribution in [0.4, 0.5) is 5.82 Å². The van der Waals surface area contributed by atoms with Crippen molar-refractivity contribution in [1.82, 2.24) is 19.4 Å². The van der Waals surface area contributed by atoms with Crippen LogP contribution < -0.4 is 0 Å². The maximum Gasteiger partial charge on any atom is 0.342 e. The molecule has 1 amide bonds. The predicted octanol–water partition coefficient (Wildman–Crippen LogP) is 0.629. The largest absolute Gasteiger partial charge is 0.383 e. The average molecular weight is 291 g/mol. The standard InChI is InChI=1S/C13H17N5O3/c1-15(2)7-9-8-16(3)13(19)10(9)5-11-14-6-12(17(11)4)18(20)21/h5-7H,8H2,1-4H3. The van der Waals surface area contributed by atoms with Crippen LogP contribution in [0.2, 0.25) is 0 Å². The lowest BCUT2D eigenvalue weighted by molar-refractivity contribution is -0.391. The van der Waals surface area contributed by atoms with Gasteiger partial charge in [-0.2, -0.15) is 0 Å². The summed E-state index contributed by atoms with van der Waals surface area (Å²) < 4.78 is 1.35. The first-order valence-corrected chi connectivity index (χ1v) is 6.32. The van der Waals surface area contributed by atoms with Crippen molar-refractivity contribution in [2.24, 2.45) is 7.05 Å². The maximum absolute atomic E-state index is 12.2. The Bertz CT molecular complexity index is 657. The van der Waals surface area contributed by atoms with Crippen LogP contribution in [0.5, 0.6) is 0 Å². The van der Waals surface area contributed by atoms with Crippen LogP contribution in [0.25, 0.3) is 6.08 Å². The van der Waals surface area contributed by atoms with Gasteiger partial charge in [0.1, 0.15) is 6.20 Å². The van der Waals surface area contributed by atoms with Gasteiger partial charge in [0.2, 0.25) is 5.82 Å². The summed E-state index contributed by atoms with van der Waals surface area (Å²) in [6.45, 7) is 0.509. The monoisotopic (exact) mass is 291 g/mol. The molecule has 1 aliphatic rings. The van der Waals surface area contributed by atoms with Gasteiger partial charge in [-0.1, -0.05) is 0 Å². The minimum Gasteiger partial charge on any atom is -0.383 e. The van der Waals surface area contributed by atoms with Crippen molar-refractivity contribution < 1.29 is 9.72 Å². The zero-order chi connectivity index (χ0) is 15.7. The van der Waals surface area contributed by atoms with Crippen LogP contribution in [-0.2, 0) is 11.8 Å². The van der Waals surface area contributed by atoms with Crippen molar-refractivity contribution in [2.45, 2.75) is 0 Å². The van der Waals surface area contributed by atoms with Crippen LogP contribution in [0.15, 0.2) is 23.5 Å². The van der Waals surface area contributed by atoms with E-state index in [-0.39, 0.29) is 11.7 Å². The van der Waals surface area contributed by atoms with Crippen molar-refractivity contribution >= 4 is 17.8 Å². The third-order valence-electron chi connectivity index (χ3n) is 3.20. The van der Waals surface area contributed by atoms with E-state index < -0.39 is 4.92 Å². The summed E-state index contributed by atoms with van der Waals surface area (Å²) in [5, 5.41) is 10.8. The normalized spacial score (nSPS) is 18.9. The zero-order valence-corrected chi connectivity index (χ0v) is 12.4. The number of imidazole rings is 1. The number of nitro groups is 1. The quantitative estimate of drug-likeness (QED) is 0.463. The molecule has 1 fully saturated rings. The van der Waals surface area contributed by atoms with Crippen LogP contribution in [-0.4, -0.2) is 57.9 Å². The summed E-state index contributed by atoms with van der Waals surface area (Å²) in [4.78, 5) is 30.0. The average Bonchev–Trinajstić information content (AvgIpc) is 2.85. The molecule has 112 valence electrons. The molecule has 21 heavy (non-hydrogen) atoms. The van der Waals surface area contributed by atoms with Crippen LogP contribution in [0.1, 0.15) is 5.82 Å². The van der Waals surface area contributed by atoms with Crippen LogP contribution in [0, 0.1) is 10.1 Å². The first kappa shape index (κ1) is 14.8. The molecule has 2 rings (SSSR count). The second kappa shape index (κ2) is 5.39. The molecule has 0 unspecified atom stereocenters. The van der Waals surface area contributed by atoms with Gasteiger partial charge < -0.3 is 19.9 Å². The van der Waals surface area contributed by atoms with Gasteiger partial charge in [-0.05, 0) is 4.92 Å². The summed E-state index contributed by atoms with van der Waals surface area (Å²) in [5.41, 5.74) is 1.37. The van der Waals surface area contributed by atoms with Crippen molar-refractivity contribution in [3.05, 3.63) is 39.5 Å². The second-order valence-electron chi connectivity index (χ2n) is 5.13. The molecule has 8 heteroatoms. The molecule has 0 aliphatic carbocycles. The Morgan fingerprint density at radius 2 is 2.10 bits per heavy atom. The highest BCUT2D eigenvalue weighted by atomic mass is 16.6. The number of rotatable bonds is 3. The lowest BCUT2D eigenvalue weighted by Crippen LogP contribution is -2.19. The van der Waals surface area contributed by atoms with Gasteiger partial charge in [0.05, 0.1) is 12.6 Å². The third kappa shape index (κ3) is 2.78. The minimum absolute atomic E-state index is 0.112. The molecule has 0 bridgehead atoms. The fourth-order valence-electron chi connectivity index (χ4n) is 2.18. The Balaban J connectivity index is 2.47. The molecule has 0 radical (unpaired) electrons. The Morgan fingerprint density at radius 1 is 1.43 bits per heavy atom. The van der Waals surface area contributed by atoms with Crippen molar-refractivity contribution in [1.29, 1.82) is 0 Å². The SMILES string of the molecule is CN(C)C=C1CN(C)C(=O)C1=Cc1ncc([N+](=O)[O-])n1C. The molecule has 1 saturated heterocycles. The summed E-state index contributed by atoms with van der Waals surface area (Å²) in [6, 6.07) is 0. The Morgan fingerprint density at radius 3 is 2.62 bits per heavy atom. The molecule has 1 aromatic rings. The van der Waals surface area contributed by atoms with Gasteiger partial charge in [-0.15, -0.1) is 0 Å². The van der Waals surface area contributed by atoms with Gasteiger partial charge in [0.15, 0.2) is 0 Å². The maximum atomic E-state index is 12.2. The number of likely N-dealkylation sites (tertiary alicyclic amines) is 1.